The van der Waals surface area contributed by atoms with Crippen LogP contribution in [0.5, 0.6) is 0 Å². The van der Waals surface area contributed by atoms with Crippen molar-refractivity contribution in [3.63, 3.8) is 0 Å². The molecule has 0 heterocycles. The number of carbonyl (C=O) groups is 6. The van der Waals surface area contributed by atoms with E-state index in [0.717, 1.165) is 0 Å². The molecule has 0 aromatic heterocycles. The lowest BCUT2D eigenvalue weighted by molar-refractivity contribution is -0.142. The predicted molar refractivity (Wildman–Crippen MR) is 137 cm³/mol. The Morgan fingerprint density at radius 3 is 1.95 bits per heavy atom. The minimum Gasteiger partial charge on any atom is -0.480 e. The van der Waals surface area contributed by atoms with Crippen molar-refractivity contribution >= 4 is 47.3 Å². The van der Waals surface area contributed by atoms with Gasteiger partial charge in [-0.1, -0.05) is 30.3 Å². The van der Waals surface area contributed by atoms with Crippen molar-refractivity contribution in [2.45, 2.75) is 56.3 Å². The molecule has 0 bridgehead atoms. The molecule has 0 radical (unpaired) electrons. The van der Waals surface area contributed by atoms with Crippen molar-refractivity contribution < 1.29 is 33.9 Å². The first-order valence-corrected chi connectivity index (χ1v) is 12.8. The number of nitrogens with two attached hydrogens (primary N) is 3. The van der Waals surface area contributed by atoms with Gasteiger partial charge in [-0.2, -0.15) is 11.8 Å². The normalized spacial score (nSPS) is 13.9. The van der Waals surface area contributed by atoms with E-state index < -0.39 is 66.1 Å². The number of hydrogen-bond donors (Lipinski definition) is 7. The summed E-state index contributed by atoms with van der Waals surface area (Å²) in [6, 6.07) is 3.65. The lowest BCUT2D eigenvalue weighted by Gasteiger charge is -2.25. The molecule has 0 saturated carbocycles. The average Bonchev–Trinajstić information content (AvgIpc) is 2.83. The first kappa shape index (κ1) is 31.4. The fourth-order valence-electron chi connectivity index (χ4n) is 3.24. The maximum Gasteiger partial charge on any atom is 0.326 e. The lowest BCUT2D eigenvalue weighted by atomic mass is 10.0. The topological polar surface area (TPSA) is 237 Å². The van der Waals surface area contributed by atoms with Crippen LogP contribution in [-0.2, 0) is 35.2 Å². The van der Waals surface area contributed by atoms with E-state index >= 15 is 0 Å². The summed E-state index contributed by atoms with van der Waals surface area (Å²) in [7, 11) is 0. The van der Waals surface area contributed by atoms with Gasteiger partial charge in [-0.3, -0.25) is 24.0 Å². The van der Waals surface area contributed by atoms with Gasteiger partial charge in [-0.15, -0.1) is 0 Å². The number of amides is 5. The predicted octanol–water partition coefficient (Wildman–Crippen LogP) is -2.01. The lowest BCUT2D eigenvalue weighted by Crippen LogP contribution is -2.58. The third-order valence-electron chi connectivity index (χ3n) is 5.21. The number of carboxylic acids is 1. The summed E-state index contributed by atoms with van der Waals surface area (Å²) in [6.45, 7) is 0. The molecule has 4 unspecified atom stereocenters. The summed E-state index contributed by atoms with van der Waals surface area (Å²) in [5.74, 6) is -4.72. The van der Waals surface area contributed by atoms with Crippen LogP contribution in [0.3, 0.4) is 0 Å². The van der Waals surface area contributed by atoms with Crippen LogP contribution in [0, 0.1) is 0 Å². The fraction of sp³-hybridized carbons (Fsp3) is 0.478. The number of nitrogens with one attached hydrogen (secondary N) is 3. The molecular formula is C23H34N6O7S. The maximum absolute atomic E-state index is 13.1. The molecule has 10 N–H and O–H groups in total. The van der Waals surface area contributed by atoms with Crippen molar-refractivity contribution in [1.29, 1.82) is 0 Å². The van der Waals surface area contributed by atoms with E-state index in [4.69, 9.17) is 17.2 Å². The zero-order chi connectivity index (χ0) is 28.0. The Labute approximate surface area is 218 Å². The highest BCUT2D eigenvalue weighted by molar-refractivity contribution is 7.98. The monoisotopic (exact) mass is 538 g/mol. The van der Waals surface area contributed by atoms with Gasteiger partial charge < -0.3 is 38.3 Å². The Balaban J connectivity index is 3.13. The van der Waals surface area contributed by atoms with E-state index in [-0.39, 0.29) is 25.7 Å². The molecule has 1 aromatic rings. The second kappa shape index (κ2) is 16.2. The molecule has 0 aliphatic rings. The fourth-order valence-corrected chi connectivity index (χ4v) is 3.71. The third kappa shape index (κ3) is 12.2. The summed E-state index contributed by atoms with van der Waals surface area (Å²) >= 11 is 1.42. The van der Waals surface area contributed by atoms with E-state index in [0.29, 0.717) is 11.3 Å². The Hall–Kier alpha value is -3.65. The number of hydrogen-bond acceptors (Lipinski definition) is 8. The van der Waals surface area contributed by atoms with Crippen molar-refractivity contribution in [3.8, 4) is 0 Å². The second-order valence-corrected chi connectivity index (χ2v) is 9.26. The van der Waals surface area contributed by atoms with Crippen LogP contribution < -0.4 is 33.2 Å². The first-order valence-electron chi connectivity index (χ1n) is 11.4. The van der Waals surface area contributed by atoms with Gasteiger partial charge in [0.2, 0.25) is 29.5 Å². The van der Waals surface area contributed by atoms with Gasteiger partial charge in [-0.05, 0) is 30.4 Å². The van der Waals surface area contributed by atoms with E-state index in [9.17, 15) is 33.9 Å². The molecular weight excluding hydrogens is 504 g/mol. The number of carbonyl (C=O) groups excluding carboxylic acids is 5. The molecule has 0 aliphatic heterocycles. The molecule has 5 amide bonds. The van der Waals surface area contributed by atoms with Gasteiger partial charge in [0, 0.05) is 12.8 Å². The van der Waals surface area contributed by atoms with Gasteiger partial charge in [-0.25, -0.2) is 4.79 Å². The number of primary amides is 2. The summed E-state index contributed by atoms with van der Waals surface area (Å²) < 4.78 is 0. The number of carboxylic acid groups (broad SMARTS) is 1. The molecule has 204 valence electrons. The molecule has 0 saturated heterocycles. The largest absolute Gasteiger partial charge is 0.480 e. The molecule has 4 atom stereocenters. The molecule has 0 aliphatic carbocycles. The Bertz CT molecular complexity index is 962. The summed E-state index contributed by atoms with van der Waals surface area (Å²) in [6.07, 6.45) is 1.04. The molecule has 0 spiro atoms. The first-order chi connectivity index (χ1) is 17.4. The molecule has 14 heteroatoms. The van der Waals surface area contributed by atoms with E-state index in [1.54, 1.807) is 36.6 Å². The quantitative estimate of drug-likeness (QED) is 0.116. The number of thioether (sulfide) groups is 1. The molecule has 1 aromatic carbocycles. The van der Waals surface area contributed by atoms with Crippen molar-refractivity contribution in [3.05, 3.63) is 35.9 Å². The standard InChI is InChI=1S/C23H34N6O7S/c1-37-10-9-16(23(35)36)28-22(34)17(11-13-5-3-2-4-6-13)29-21(33)15(7-8-18(25)30)27-20(32)14(24)12-19(26)31/h2-6,14-17H,7-12,24H2,1H3,(H2,25,30)(H2,26,31)(H,27,32)(H,28,34)(H,29,33)(H,35,36). The minimum atomic E-state index is -1.34. The zero-order valence-electron chi connectivity index (χ0n) is 20.5. The number of rotatable bonds is 17. The Kier molecular flexibility index (Phi) is 13.7. The highest BCUT2D eigenvalue weighted by Crippen LogP contribution is 2.08. The van der Waals surface area contributed by atoms with Crippen molar-refractivity contribution in [2.75, 3.05) is 12.0 Å². The van der Waals surface area contributed by atoms with E-state index in [1.165, 1.54) is 11.8 Å². The average molecular weight is 539 g/mol. The molecule has 1 rings (SSSR count). The number of benzene rings is 1. The van der Waals surface area contributed by atoms with Gasteiger partial charge in [0.05, 0.1) is 12.5 Å². The summed E-state index contributed by atoms with van der Waals surface area (Å²) in [4.78, 5) is 72.6. The minimum absolute atomic E-state index is 0.0188. The van der Waals surface area contributed by atoms with Crippen LogP contribution in [0.2, 0.25) is 0 Å². The van der Waals surface area contributed by atoms with Crippen molar-refractivity contribution in [1.82, 2.24) is 16.0 Å². The second-order valence-electron chi connectivity index (χ2n) is 8.27. The highest BCUT2D eigenvalue weighted by Gasteiger charge is 2.30. The molecule has 37 heavy (non-hydrogen) atoms. The van der Waals surface area contributed by atoms with E-state index in [2.05, 4.69) is 16.0 Å². The molecule has 13 nitrogen and oxygen atoms in total. The van der Waals surface area contributed by atoms with Gasteiger partial charge in [0.25, 0.3) is 0 Å². The van der Waals surface area contributed by atoms with Crippen LogP contribution in [0.4, 0.5) is 0 Å². The Morgan fingerprint density at radius 1 is 0.838 bits per heavy atom. The third-order valence-corrected chi connectivity index (χ3v) is 5.86. The van der Waals surface area contributed by atoms with E-state index in [1.807, 2.05) is 0 Å². The maximum atomic E-state index is 13.1. The van der Waals surface area contributed by atoms with Crippen LogP contribution >= 0.6 is 11.8 Å². The Morgan fingerprint density at radius 2 is 1.41 bits per heavy atom. The van der Waals surface area contributed by atoms with Crippen LogP contribution in [-0.4, -0.2) is 76.8 Å². The highest BCUT2D eigenvalue weighted by atomic mass is 32.2. The van der Waals surface area contributed by atoms with Gasteiger partial charge in [0.15, 0.2) is 0 Å². The zero-order valence-corrected chi connectivity index (χ0v) is 21.3. The van der Waals surface area contributed by atoms with Gasteiger partial charge >= 0.3 is 5.97 Å². The van der Waals surface area contributed by atoms with Crippen molar-refractivity contribution in [2.24, 2.45) is 17.2 Å². The van der Waals surface area contributed by atoms with Gasteiger partial charge in [0.1, 0.15) is 18.1 Å². The molecule has 0 fully saturated rings. The summed E-state index contributed by atoms with van der Waals surface area (Å²) in [5.41, 5.74) is 16.6. The SMILES string of the molecule is CSCCC(NC(=O)C(Cc1ccccc1)NC(=O)C(CCC(N)=O)NC(=O)C(N)CC(N)=O)C(=O)O. The van der Waals surface area contributed by atoms with Crippen LogP contribution in [0.1, 0.15) is 31.2 Å². The smallest absolute Gasteiger partial charge is 0.326 e. The number of aliphatic carboxylic acids is 1. The summed E-state index contributed by atoms with van der Waals surface area (Å²) in [5, 5.41) is 16.8. The van der Waals surface area contributed by atoms with Crippen LogP contribution in [0.25, 0.3) is 0 Å². The van der Waals surface area contributed by atoms with Crippen LogP contribution in [0.15, 0.2) is 30.3 Å².